The number of methoxy groups -OCH3 is 1. The maximum absolute atomic E-state index is 12.4. The predicted molar refractivity (Wildman–Crippen MR) is 50.1 cm³/mol. The highest BCUT2D eigenvalue weighted by Gasteiger charge is 2.42. The first kappa shape index (κ1) is 16.8. The molecule has 0 aliphatic carbocycles. The average Bonchev–Trinajstić information content (AvgIpc) is 2.57. The molecule has 0 spiro atoms. The molecule has 0 saturated carbocycles. The highest BCUT2D eigenvalue weighted by Crippen LogP contribution is 2.25. The minimum Gasteiger partial charge on any atom is -0.468 e. The first-order valence-electron chi connectivity index (χ1n) is 4.76. The van der Waals surface area contributed by atoms with Gasteiger partial charge in [-0.3, -0.25) is 14.9 Å². The van der Waals surface area contributed by atoms with Gasteiger partial charge >= 0.3 is 12.1 Å². The molecular weight excluding hydrogens is 265 g/mol. The quantitative estimate of drug-likeness (QED) is 0.579. The molecule has 0 bridgehead atoms. The summed E-state index contributed by atoms with van der Waals surface area (Å²) >= 11 is 0. The van der Waals surface area contributed by atoms with Crippen molar-refractivity contribution in [2.45, 2.75) is 31.5 Å². The molecule has 18 heavy (non-hydrogen) atoms. The molecule has 0 radical (unpaired) electrons. The van der Waals surface area contributed by atoms with Gasteiger partial charge < -0.3 is 4.74 Å². The standard InChI is InChI=1S/C6H9F2NO2.C3H3F3O/c1-11-5(10)4-2-6(7,8)3-9-4;1-2(7)3(4,5)6/h4,9H,2-3H2,1H3;1H3/t4-;/m0./s1. The van der Waals surface area contributed by atoms with Crippen molar-refractivity contribution in [1.29, 1.82) is 0 Å². The van der Waals surface area contributed by atoms with Crippen molar-refractivity contribution < 1.29 is 36.3 Å². The third-order valence-electron chi connectivity index (χ3n) is 1.99. The van der Waals surface area contributed by atoms with Crippen molar-refractivity contribution in [2.75, 3.05) is 13.7 Å². The molecule has 106 valence electrons. The first-order chi connectivity index (χ1) is 7.99. The molecule has 0 amide bonds. The van der Waals surface area contributed by atoms with Gasteiger partial charge in [0, 0.05) is 13.3 Å². The largest absolute Gasteiger partial charge is 0.468 e. The number of carbonyl (C=O) groups is 2. The molecule has 0 aromatic heterocycles. The predicted octanol–water partition coefficient (Wildman–Crippen LogP) is 1.29. The summed E-state index contributed by atoms with van der Waals surface area (Å²) in [6.45, 7) is 0.0484. The summed E-state index contributed by atoms with van der Waals surface area (Å²) in [5, 5.41) is 2.37. The fraction of sp³-hybridized carbons (Fsp3) is 0.778. The van der Waals surface area contributed by atoms with Crippen LogP contribution in [0.4, 0.5) is 22.0 Å². The molecule has 9 heteroatoms. The number of esters is 1. The van der Waals surface area contributed by atoms with Gasteiger partial charge in [0.1, 0.15) is 6.04 Å². The second-order valence-electron chi connectivity index (χ2n) is 3.57. The zero-order valence-electron chi connectivity index (χ0n) is 9.61. The molecule has 1 rings (SSSR count). The maximum Gasteiger partial charge on any atom is 0.449 e. The topological polar surface area (TPSA) is 55.4 Å². The molecule has 1 N–H and O–H groups in total. The van der Waals surface area contributed by atoms with E-state index in [9.17, 15) is 31.5 Å². The summed E-state index contributed by atoms with van der Waals surface area (Å²) in [6, 6.07) is -0.838. The monoisotopic (exact) mass is 277 g/mol. The Morgan fingerprint density at radius 3 is 2.00 bits per heavy atom. The first-order valence-corrected chi connectivity index (χ1v) is 4.76. The zero-order valence-corrected chi connectivity index (χ0v) is 9.61. The number of halogens is 5. The van der Waals surface area contributed by atoms with Gasteiger partial charge in [0.25, 0.3) is 5.92 Å². The highest BCUT2D eigenvalue weighted by atomic mass is 19.4. The van der Waals surface area contributed by atoms with Crippen molar-refractivity contribution in [3.8, 4) is 0 Å². The van der Waals surface area contributed by atoms with E-state index < -0.39 is 42.9 Å². The molecule has 4 nitrogen and oxygen atoms in total. The second-order valence-corrected chi connectivity index (χ2v) is 3.57. The van der Waals surface area contributed by atoms with Crippen LogP contribution in [0.5, 0.6) is 0 Å². The Morgan fingerprint density at radius 1 is 1.33 bits per heavy atom. The lowest BCUT2D eigenvalue weighted by Crippen LogP contribution is -2.31. The Balaban J connectivity index is 0.000000360. The number of carbonyl (C=O) groups excluding carboxylic acids is 2. The summed E-state index contributed by atoms with van der Waals surface area (Å²) in [4.78, 5) is 20.0. The molecule has 1 atom stereocenters. The third kappa shape index (κ3) is 5.89. The molecule has 0 aromatic rings. The van der Waals surface area contributed by atoms with Gasteiger partial charge in [-0.1, -0.05) is 0 Å². The van der Waals surface area contributed by atoms with Crippen LogP contribution in [0.2, 0.25) is 0 Å². The van der Waals surface area contributed by atoms with Gasteiger partial charge in [0.2, 0.25) is 5.78 Å². The van der Waals surface area contributed by atoms with E-state index in [4.69, 9.17) is 0 Å². The summed E-state index contributed by atoms with van der Waals surface area (Å²) in [5.74, 6) is -5.14. The van der Waals surface area contributed by atoms with Crippen LogP contribution in [0.3, 0.4) is 0 Å². The molecular formula is C9H12F5NO3. The molecule has 0 aromatic carbocycles. The van der Waals surface area contributed by atoms with Crippen LogP contribution in [0, 0.1) is 0 Å². The van der Waals surface area contributed by atoms with E-state index in [2.05, 4.69) is 10.1 Å². The average molecular weight is 277 g/mol. The van der Waals surface area contributed by atoms with Gasteiger partial charge in [-0.2, -0.15) is 13.2 Å². The normalized spacial score (nSPS) is 21.8. The smallest absolute Gasteiger partial charge is 0.449 e. The molecule has 1 heterocycles. The van der Waals surface area contributed by atoms with E-state index >= 15 is 0 Å². The fourth-order valence-corrected chi connectivity index (χ4v) is 1.02. The van der Waals surface area contributed by atoms with Crippen molar-refractivity contribution >= 4 is 11.8 Å². The number of ketones is 1. The molecule has 1 aliphatic rings. The summed E-state index contributed by atoms with van der Waals surface area (Å²) in [7, 11) is 1.18. The van der Waals surface area contributed by atoms with Crippen LogP contribution >= 0.6 is 0 Å². The summed E-state index contributed by atoms with van der Waals surface area (Å²) in [5.41, 5.74) is 0. The van der Waals surface area contributed by atoms with Gasteiger partial charge in [-0.15, -0.1) is 0 Å². The molecule has 0 unspecified atom stereocenters. The Bertz CT molecular complexity index is 316. The van der Waals surface area contributed by atoms with Crippen LogP contribution in [-0.2, 0) is 14.3 Å². The van der Waals surface area contributed by atoms with Crippen molar-refractivity contribution in [3.05, 3.63) is 0 Å². The number of nitrogens with one attached hydrogen (secondary N) is 1. The van der Waals surface area contributed by atoms with Crippen LogP contribution < -0.4 is 5.32 Å². The zero-order chi connectivity index (χ0) is 14.6. The Morgan fingerprint density at radius 2 is 1.78 bits per heavy atom. The minimum absolute atomic E-state index is 0.438. The number of alkyl halides is 5. The minimum atomic E-state index is -4.64. The summed E-state index contributed by atoms with van der Waals surface area (Å²) < 4.78 is 61.6. The number of ether oxygens (including phenoxy) is 1. The Labute approximate surface area is 99.5 Å². The van der Waals surface area contributed by atoms with Crippen LogP contribution in [0.1, 0.15) is 13.3 Å². The highest BCUT2D eigenvalue weighted by molar-refractivity contribution is 5.81. The number of rotatable bonds is 1. The van der Waals surface area contributed by atoms with E-state index in [0.717, 1.165) is 0 Å². The van der Waals surface area contributed by atoms with Gasteiger partial charge in [0.15, 0.2) is 0 Å². The number of Topliss-reactive ketones (excluding diaryl/α,β-unsaturated/α-hetero) is 1. The maximum atomic E-state index is 12.4. The number of hydrogen-bond acceptors (Lipinski definition) is 4. The van der Waals surface area contributed by atoms with E-state index in [-0.39, 0.29) is 0 Å². The lowest BCUT2D eigenvalue weighted by molar-refractivity contribution is -0.168. The van der Waals surface area contributed by atoms with Gasteiger partial charge in [0.05, 0.1) is 13.7 Å². The van der Waals surface area contributed by atoms with Crippen molar-refractivity contribution in [1.82, 2.24) is 5.32 Å². The van der Waals surface area contributed by atoms with E-state index in [1.165, 1.54) is 7.11 Å². The van der Waals surface area contributed by atoms with E-state index in [1.54, 1.807) is 0 Å². The van der Waals surface area contributed by atoms with Crippen molar-refractivity contribution in [2.24, 2.45) is 0 Å². The Kier molecular flexibility index (Phi) is 5.65. The van der Waals surface area contributed by atoms with Crippen LogP contribution in [0.25, 0.3) is 0 Å². The molecule has 1 fully saturated rings. The SMILES string of the molecule is CC(=O)C(F)(F)F.COC(=O)[C@@H]1CC(F)(F)CN1. The molecule has 1 aliphatic heterocycles. The number of hydrogen-bond donors (Lipinski definition) is 1. The Hall–Kier alpha value is -1.25. The lowest BCUT2D eigenvalue weighted by Gasteiger charge is -2.06. The van der Waals surface area contributed by atoms with Crippen LogP contribution in [0.15, 0.2) is 0 Å². The summed E-state index contributed by atoms with van der Waals surface area (Å²) in [6.07, 6.45) is -5.10. The van der Waals surface area contributed by atoms with E-state index in [1.807, 2.05) is 0 Å². The molecule has 1 saturated heterocycles. The second kappa shape index (κ2) is 6.07. The van der Waals surface area contributed by atoms with Gasteiger partial charge in [-0.25, -0.2) is 8.78 Å². The third-order valence-corrected chi connectivity index (χ3v) is 1.99. The van der Waals surface area contributed by atoms with Crippen LogP contribution in [-0.4, -0.2) is 43.5 Å². The van der Waals surface area contributed by atoms with Crippen molar-refractivity contribution in [3.63, 3.8) is 0 Å². The lowest BCUT2D eigenvalue weighted by atomic mass is 10.2. The van der Waals surface area contributed by atoms with E-state index in [0.29, 0.717) is 6.92 Å². The fourth-order valence-electron chi connectivity index (χ4n) is 1.02. The van der Waals surface area contributed by atoms with Gasteiger partial charge in [-0.05, 0) is 0 Å².